The van der Waals surface area contributed by atoms with E-state index in [1.807, 2.05) is 0 Å². The number of allylic oxidation sites excluding steroid dienone is 4. The van der Waals surface area contributed by atoms with Crippen LogP contribution in [-0.4, -0.2) is 47.4 Å². The standard InChI is InChI=1S/C68H131NO5/c1-3-5-7-9-11-13-15-17-19-21-23-24-25-26-27-28-32-36-40-44-48-52-56-60-66(71)65(64-70)69-67(72)61-57-53-49-45-41-37-33-30-31-35-39-43-47-51-55-59-63-74-68(73)62-58-54-50-46-42-38-34-29-22-20-18-16-14-12-10-8-6-4-2/h20,22,30,33,65-66,70-71H,3-19,21,23-29,31-32,34-64H2,1-2H3,(H,69,72)/b22-20-,33-30-. The molecule has 0 aromatic heterocycles. The minimum Gasteiger partial charge on any atom is -0.466 e. The first-order valence-electron chi connectivity index (χ1n) is 33.6. The lowest BCUT2D eigenvalue weighted by Crippen LogP contribution is -2.45. The van der Waals surface area contributed by atoms with Crippen molar-refractivity contribution in [2.75, 3.05) is 13.2 Å². The summed E-state index contributed by atoms with van der Waals surface area (Å²) in [5.74, 6) is -0.0528. The van der Waals surface area contributed by atoms with E-state index in [0.717, 1.165) is 64.2 Å². The molecule has 3 N–H and O–H groups in total. The van der Waals surface area contributed by atoms with E-state index in [4.69, 9.17) is 4.74 Å². The Hall–Kier alpha value is -1.66. The maximum Gasteiger partial charge on any atom is 0.305 e. The second-order valence-corrected chi connectivity index (χ2v) is 23.1. The molecule has 0 heterocycles. The highest BCUT2D eigenvalue weighted by Crippen LogP contribution is 2.18. The molecule has 6 nitrogen and oxygen atoms in total. The summed E-state index contributed by atoms with van der Waals surface area (Å²) in [7, 11) is 0. The quantitative estimate of drug-likeness (QED) is 0.0320. The third-order valence-corrected chi connectivity index (χ3v) is 15.7. The number of carbonyl (C=O) groups excluding carboxylic acids is 2. The van der Waals surface area contributed by atoms with Gasteiger partial charge >= 0.3 is 5.97 Å². The lowest BCUT2D eigenvalue weighted by molar-refractivity contribution is -0.143. The molecular weight excluding hydrogens is 911 g/mol. The fourth-order valence-electron chi connectivity index (χ4n) is 10.6. The van der Waals surface area contributed by atoms with Gasteiger partial charge in [0, 0.05) is 12.8 Å². The molecule has 0 aliphatic rings. The normalized spacial score (nSPS) is 12.6. The van der Waals surface area contributed by atoms with Gasteiger partial charge in [-0.25, -0.2) is 0 Å². The lowest BCUT2D eigenvalue weighted by Gasteiger charge is -2.22. The molecule has 0 aliphatic carbocycles. The molecule has 0 rings (SSSR count). The van der Waals surface area contributed by atoms with Crippen molar-refractivity contribution in [3.05, 3.63) is 24.3 Å². The predicted molar refractivity (Wildman–Crippen MR) is 324 cm³/mol. The van der Waals surface area contributed by atoms with Crippen molar-refractivity contribution in [1.29, 1.82) is 0 Å². The third-order valence-electron chi connectivity index (χ3n) is 15.7. The molecule has 0 saturated carbocycles. The number of amides is 1. The summed E-state index contributed by atoms with van der Waals surface area (Å²) in [4.78, 5) is 24.6. The Kier molecular flexibility index (Phi) is 62.4. The van der Waals surface area contributed by atoms with Gasteiger partial charge < -0.3 is 20.3 Å². The van der Waals surface area contributed by atoms with Gasteiger partial charge in [-0.15, -0.1) is 0 Å². The van der Waals surface area contributed by atoms with Gasteiger partial charge in [0.15, 0.2) is 0 Å². The van der Waals surface area contributed by atoms with Crippen molar-refractivity contribution >= 4 is 11.9 Å². The summed E-state index contributed by atoms with van der Waals surface area (Å²) < 4.78 is 5.49. The number of esters is 1. The Balaban J connectivity index is 3.44. The molecule has 438 valence electrons. The zero-order valence-corrected chi connectivity index (χ0v) is 50.1. The molecule has 0 aromatic rings. The Morgan fingerprint density at radius 1 is 0.365 bits per heavy atom. The van der Waals surface area contributed by atoms with Crippen molar-refractivity contribution in [2.45, 2.75) is 386 Å². The number of aliphatic hydroxyl groups is 2. The number of rotatable bonds is 63. The Morgan fingerprint density at radius 3 is 0.959 bits per heavy atom. The Labute approximate surface area is 462 Å². The van der Waals surface area contributed by atoms with Gasteiger partial charge in [0.2, 0.25) is 5.91 Å². The predicted octanol–water partition coefficient (Wildman–Crippen LogP) is 21.4. The number of aliphatic hydroxyl groups excluding tert-OH is 2. The van der Waals surface area contributed by atoms with E-state index in [2.05, 4.69) is 43.5 Å². The van der Waals surface area contributed by atoms with Crippen LogP contribution >= 0.6 is 0 Å². The van der Waals surface area contributed by atoms with E-state index in [0.29, 0.717) is 25.9 Å². The van der Waals surface area contributed by atoms with Gasteiger partial charge in [0.05, 0.1) is 25.4 Å². The van der Waals surface area contributed by atoms with Crippen molar-refractivity contribution in [1.82, 2.24) is 5.32 Å². The van der Waals surface area contributed by atoms with Crippen LogP contribution in [0.1, 0.15) is 373 Å². The molecule has 0 aromatic carbocycles. The molecule has 0 spiro atoms. The first-order chi connectivity index (χ1) is 36.5. The monoisotopic (exact) mass is 1040 g/mol. The number of ether oxygens (including phenoxy) is 1. The van der Waals surface area contributed by atoms with E-state index in [1.165, 1.54) is 276 Å². The van der Waals surface area contributed by atoms with Crippen molar-refractivity contribution < 1.29 is 24.5 Å². The molecule has 0 aliphatic heterocycles. The molecule has 2 unspecified atom stereocenters. The first-order valence-corrected chi connectivity index (χ1v) is 33.6. The minimum atomic E-state index is -0.676. The molecule has 2 atom stereocenters. The fraction of sp³-hybridized carbons (Fsp3) is 0.912. The van der Waals surface area contributed by atoms with Gasteiger partial charge in [-0.1, -0.05) is 308 Å². The summed E-state index contributed by atoms with van der Waals surface area (Å²) >= 11 is 0. The van der Waals surface area contributed by atoms with E-state index in [-0.39, 0.29) is 18.5 Å². The van der Waals surface area contributed by atoms with Crippen molar-refractivity contribution in [3.8, 4) is 0 Å². The van der Waals surface area contributed by atoms with Crippen LogP contribution < -0.4 is 5.32 Å². The topological polar surface area (TPSA) is 95.9 Å². The van der Waals surface area contributed by atoms with Crippen LogP contribution in [0.4, 0.5) is 0 Å². The fourth-order valence-corrected chi connectivity index (χ4v) is 10.6. The number of hydrogen-bond donors (Lipinski definition) is 3. The zero-order valence-electron chi connectivity index (χ0n) is 50.1. The molecule has 0 radical (unpaired) electrons. The highest BCUT2D eigenvalue weighted by molar-refractivity contribution is 5.76. The van der Waals surface area contributed by atoms with Crippen LogP contribution in [0.15, 0.2) is 24.3 Å². The number of hydrogen-bond acceptors (Lipinski definition) is 5. The molecule has 0 bridgehead atoms. The third kappa shape index (κ3) is 59.6. The van der Waals surface area contributed by atoms with E-state index >= 15 is 0 Å². The number of unbranched alkanes of at least 4 members (excludes halogenated alkanes) is 48. The van der Waals surface area contributed by atoms with E-state index in [9.17, 15) is 19.8 Å². The molecule has 74 heavy (non-hydrogen) atoms. The Bertz CT molecular complexity index is 1150. The minimum absolute atomic E-state index is 0.00462. The largest absolute Gasteiger partial charge is 0.466 e. The van der Waals surface area contributed by atoms with Crippen molar-refractivity contribution in [2.24, 2.45) is 0 Å². The molecular formula is C68H131NO5. The number of carbonyl (C=O) groups is 2. The summed E-state index contributed by atoms with van der Waals surface area (Å²) in [5, 5.41) is 23.4. The smallest absolute Gasteiger partial charge is 0.305 e. The second-order valence-electron chi connectivity index (χ2n) is 23.1. The maximum atomic E-state index is 12.5. The van der Waals surface area contributed by atoms with Crippen LogP contribution in [0, 0.1) is 0 Å². The second kappa shape index (κ2) is 63.9. The molecule has 0 fully saturated rings. The SMILES string of the molecule is CCCCCCCCC/C=C\CCCCCCCCCC(=O)OCCCCCCCCC/C=C\CCCCCCCC(=O)NC(CO)C(O)CCCCCCCCCCCCCCCCCCCCCCCCC. The van der Waals surface area contributed by atoms with Gasteiger partial charge in [-0.2, -0.15) is 0 Å². The average Bonchev–Trinajstić information content (AvgIpc) is 3.40. The van der Waals surface area contributed by atoms with Crippen LogP contribution in [0.25, 0.3) is 0 Å². The highest BCUT2D eigenvalue weighted by Gasteiger charge is 2.20. The summed E-state index contributed by atoms with van der Waals surface area (Å²) in [6, 6.07) is -0.555. The summed E-state index contributed by atoms with van der Waals surface area (Å²) in [6.45, 7) is 4.96. The molecule has 1 amide bonds. The van der Waals surface area contributed by atoms with Crippen LogP contribution in [0.5, 0.6) is 0 Å². The van der Waals surface area contributed by atoms with Gasteiger partial charge in [0.25, 0.3) is 0 Å². The lowest BCUT2D eigenvalue weighted by atomic mass is 10.0. The Morgan fingerprint density at radius 2 is 0.635 bits per heavy atom. The zero-order chi connectivity index (χ0) is 53.6. The van der Waals surface area contributed by atoms with Crippen LogP contribution in [0.3, 0.4) is 0 Å². The van der Waals surface area contributed by atoms with Gasteiger partial charge in [0.1, 0.15) is 0 Å². The summed E-state index contributed by atoms with van der Waals surface area (Å²) in [5.41, 5.74) is 0. The van der Waals surface area contributed by atoms with Crippen LogP contribution in [-0.2, 0) is 14.3 Å². The highest BCUT2D eigenvalue weighted by atomic mass is 16.5. The first kappa shape index (κ1) is 72.3. The van der Waals surface area contributed by atoms with Crippen LogP contribution in [0.2, 0.25) is 0 Å². The van der Waals surface area contributed by atoms with Gasteiger partial charge in [-0.05, 0) is 77.0 Å². The van der Waals surface area contributed by atoms with Crippen molar-refractivity contribution in [3.63, 3.8) is 0 Å². The number of nitrogens with one attached hydrogen (secondary N) is 1. The maximum absolute atomic E-state index is 12.5. The molecule has 6 heteroatoms. The van der Waals surface area contributed by atoms with Gasteiger partial charge in [-0.3, -0.25) is 9.59 Å². The summed E-state index contributed by atoms with van der Waals surface area (Å²) in [6.07, 6.45) is 79.1. The van der Waals surface area contributed by atoms with E-state index < -0.39 is 12.1 Å². The average molecular weight is 1040 g/mol. The molecule has 0 saturated heterocycles. The van der Waals surface area contributed by atoms with E-state index in [1.54, 1.807) is 0 Å².